The lowest BCUT2D eigenvalue weighted by Crippen LogP contribution is -2.04. The largest absolute Gasteiger partial charge is 0.0849 e. The second-order valence-electron chi connectivity index (χ2n) is 3.69. The van der Waals surface area contributed by atoms with Crippen molar-refractivity contribution in [2.24, 2.45) is 0 Å². The van der Waals surface area contributed by atoms with Crippen LogP contribution < -0.4 is 0 Å². The highest BCUT2D eigenvalue weighted by atomic mass is 127. The van der Waals surface area contributed by atoms with E-state index in [0.29, 0.717) is 0 Å². The first-order valence-corrected chi connectivity index (χ1v) is 8.76. The molecule has 1 aliphatic rings. The van der Waals surface area contributed by atoms with E-state index >= 15 is 0 Å². The average Bonchev–Trinajstić information content (AvgIpc) is 2.31. The maximum absolute atomic E-state index is 2.46. The fraction of sp³-hybridized carbons (Fsp3) is 0.214. The summed E-state index contributed by atoms with van der Waals surface area (Å²) in [6, 6.07) is 4.52. The molecule has 0 saturated heterocycles. The molecule has 0 bridgehead atoms. The zero-order chi connectivity index (χ0) is 11.5. The fourth-order valence-electron chi connectivity index (χ4n) is 1.86. The summed E-state index contributed by atoms with van der Waals surface area (Å²) in [4.78, 5) is 0. The molecule has 0 aliphatic carbocycles. The predicted molar refractivity (Wildman–Crippen MR) is 89.7 cm³/mol. The summed E-state index contributed by atoms with van der Waals surface area (Å²) in [6.45, 7) is 4.49. The number of allylic oxidation sites excluding steroid dienone is 3. The Hall–Kier alpha value is 0.0300. The molecular formula is C14H14I2. The third kappa shape index (κ3) is 2.47. The van der Waals surface area contributed by atoms with E-state index in [9.17, 15) is 0 Å². The third-order valence-corrected chi connectivity index (χ3v) is 6.00. The van der Waals surface area contributed by atoms with Gasteiger partial charge >= 0.3 is 0 Å². The molecule has 0 fully saturated rings. The highest BCUT2D eigenvalue weighted by Gasteiger charge is 2.11. The third-order valence-electron chi connectivity index (χ3n) is 2.75. The van der Waals surface area contributed by atoms with Crippen molar-refractivity contribution < 1.29 is 0 Å². The van der Waals surface area contributed by atoms with Gasteiger partial charge in [-0.1, -0.05) is 45.9 Å². The summed E-state index contributed by atoms with van der Waals surface area (Å²) in [5.41, 5.74) is 4.45. The maximum Gasteiger partial charge on any atom is 0.0216 e. The van der Waals surface area contributed by atoms with Crippen LogP contribution >= 0.6 is 43.3 Å². The first kappa shape index (κ1) is 12.5. The normalized spacial score (nSPS) is 14.6. The molecule has 0 nitrogen and oxygen atoms in total. The Morgan fingerprint density at radius 3 is 2.69 bits per heavy atom. The molecule has 0 atom stereocenters. The summed E-state index contributed by atoms with van der Waals surface area (Å²) in [5.74, 6) is 0. The minimum atomic E-state index is 0.0631. The van der Waals surface area contributed by atoms with Crippen LogP contribution in [-0.4, -0.2) is 3.51 Å². The van der Waals surface area contributed by atoms with Gasteiger partial charge in [-0.05, 0) is 63.3 Å². The Morgan fingerprint density at radius 2 is 2.06 bits per heavy atom. The summed E-state index contributed by atoms with van der Waals surface area (Å²) in [6.07, 6.45) is 7.74. The van der Waals surface area contributed by atoms with Gasteiger partial charge in [-0.25, -0.2) is 0 Å². The molecule has 16 heavy (non-hydrogen) atoms. The van der Waals surface area contributed by atoms with E-state index in [1.165, 1.54) is 20.3 Å². The van der Waals surface area contributed by atoms with Crippen molar-refractivity contribution in [3.63, 3.8) is 0 Å². The standard InChI is InChI=1S/C14H14I2/c1-3-11-7-8-12(15)14(10(11)2)13-6-4-5-9-16-13/h4-9H,3H2,1-2H3. The number of aryl methyl sites for hydroxylation is 1. The highest BCUT2D eigenvalue weighted by Crippen LogP contribution is 2.26. The lowest BCUT2D eigenvalue weighted by atomic mass is 9.98. The van der Waals surface area contributed by atoms with Gasteiger partial charge in [0.15, 0.2) is 0 Å². The second-order valence-corrected chi connectivity index (χ2v) is 7.36. The fourth-order valence-corrected chi connectivity index (χ4v) is 5.51. The van der Waals surface area contributed by atoms with Crippen LogP contribution in [0.4, 0.5) is 0 Å². The van der Waals surface area contributed by atoms with Crippen molar-refractivity contribution in [1.29, 1.82) is 0 Å². The molecule has 1 aromatic carbocycles. The molecule has 84 valence electrons. The van der Waals surface area contributed by atoms with Crippen molar-refractivity contribution in [2.75, 3.05) is 0 Å². The molecule has 0 unspecified atom stereocenters. The summed E-state index contributed by atoms with van der Waals surface area (Å²) in [5, 5.41) is 0. The van der Waals surface area contributed by atoms with Gasteiger partial charge in [-0.2, -0.15) is 0 Å². The van der Waals surface area contributed by atoms with Gasteiger partial charge in [-0.3, -0.25) is 0 Å². The smallest absolute Gasteiger partial charge is 0.0216 e. The zero-order valence-corrected chi connectivity index (χ0v) is 13.7. The lowest BCUT2D eigenvalue weighted by molar-refractivity contribution is 1.10. The number of halogens is 2. The monoisotopic (exact) mass is 436 g/mol. The number of hydrogen-bond acceptors (Lipinski definition) is 0. The Balaban J connectivity index is 2.59. The summed E-state index contributed by atoms with van der Waals surface area (Å²) >= 11 is 2.52. The van der Waals surface area contributed by atoms with E-state index in [1.807, 2.05) is 0 Å². The van der Waals surface area contributed by atoms with Crippen LogP contribution in [-0.2, 0) is 6.42 Å². The Bertz CT molecular complexity index is 494. The van der Waals surface area contributed by atoms with Crippen LogP contribution in [0, 0.1) is 10.5 Å². The van der Waals surface area contributed by atoms with Crippen molar-refractivity contribution in [1.82, 2.24) is 0 Å². The van der Waals surface area contributed by atoms with Gasteiger partial charge in [0, 0.05) is 12.6 Å². The summed E-state index contributed by atoms with van der Waals surface area (Å²) in [7, 11) is 0. The highest BCUT2D eigenvalue weighted by molar-refractivity contribution is 14.2. The van der Waals surface area contributed by atoms with Crippen LogP contribution in [0.15, 0.2) is 34.4 Å². The van der Waals surface area contributed by atoms with Crippen molar-refractivity contribution in [3.05, 3.63) is 54.7 Å². The topological polar surface area (TPSA) is 0 Å². The second kappa shape index (κ2) is 5.58. The minimum Gasteiger partial charge on any atom is -0.0849 e. The molecule has 0 spiro atoms. The molecule has 2 heteroatoms. The number of rotatable bonds is 2. The van der Waals surface area contributed by atoms with Gasteiger partial charge < -0.3 is 0 Å². The Kier molecular flexibility index (Phi) is 4.35. The van der Waals surface area contributed by atoms with Gasteiger partial charge in [0.05, 0.1) is 0 Å². The molecule has 2 rings (SSSR count). The van der Waals surface area contributed by atoms with E-state index in [0.717, 1.165) is 6.42 Å². The van der Waals surface area contributed by atoms with Crippen LogP contribution in [0.2, 0.25) is 0 Å². The van der Waals surface area contributed by atoms with Gasteiger partial charge in [0.25, 0.3) is 0 Å². The predicted octanol–water partition coefficient (Wildman–Crippen LogP) is 4.74. The minimum absolute atomic E-state index is 0.0631. The van der Waals surface area contributed by atoms with Gasteiger partial charge in [0.2, 0.25) is 0 Å². The molecule has 0 aromatic heterocycles. The van der Waals surface area contributed by atoms with Gasteiger partial charge in [0.1, 0.15) is 0 Å². The SMILES string of the molecule is CCc1ccc(I)c(C2=IC=CC=C2)c1C. The van der Waals surface area contributed by atoms with E-state index in [1.54, 1.807) is 3.51 Å². The lowest BCUT2D eigenvalue weighted by Gasteiger charge is -2.13. The Morgan fingerprint density at radius 1 is 1.25 bits per heavy atom. The summed E-state index contributed by atoms with van der Waals surface area (Å²) < 4.78 is 5.28. The van der Waals surface area contributed by atoms with E-state index in [2.05, 4.69) is 70.9 Å². The van der Waals surface area contributed by atoms with E-state index < -0.39 is 0 Å². The maximum atomic E-state index is 2.46. The Labute approximate surface area is 121 Å². The number of benzene rings is 1. The molecular weight excluding hydrogens is 422 g/mol. The molecule has 0 amide bonds. The quantitative estimate of drug-likeness (QED) is 0.589. The molecule has 0 N–H and O–H groups in total. The van der Waals surface area contributed by atoms with Crippen LogP contribution in [0.3, 0.4) is 0 Å². The number of hydrogen-bond donors (Lipinski definition) is 0. The van der Waals surface area contributed by atoms with Crippen molar-refractivity contribution in [2.45, 2.75) is 20.3 Å². The zero-order valence-electron chi connectivity index (χ0n) is 9.43. The van der Waals surface area contributed by atoms with Crippen molar-refractivity contribution >= 4 is 46.8 Å². The molecule has 1 heterocycles. The van der Waals surface area contributed by atoms with E-state index in [-0.39, 0.29) is 20.7 Å². The van der Waals surface area contributed by atoms with Crippen LogP contribution in [0.1, 0.15) is 23.6 Å². The first-order chi connectivity index (χ1) is 7.74. The first-order valence-electron chi connectivity index (χ1n) is 5.36. The van der Waals surface area contributed by atoms with E-state index in [4.69, 9.17) is 0 Å². The van der Waals surface area contributed by atoms with Crippen molar-refractivity contribution in [3.8, 4) is 0 Å². The molecule has 1 aliphatic heterocycles. The van der Waals surface area contributed by atoms with Gasteiger partial charge in [-0.15, -0.1) is 0 Å². The van der Waals surface area contributed by atoms with Crippen LogP contribution in [0.25, 0.3) is 0 Å². The molecule has 0 saturated carbocycles. The molecule has 0 radical (unpaired) electrons. The molecule has 1 aromatic rings. The van der Waals surface area contributed by atoms with Crippen LogP contribution in [0.5, 0.6) is 0 Å². The average molecular weight is 436 g/mol.